The smallest absolute Gasteiger partial charge is 0.287 e. The van der Waals surface area contributed by atoms with E-state index in [1.165, 1.54) is 12.1 Å². The molecule has 0 aromatic heterocycles. The van der Waals surface area contributed by atoms with Gasteiger partial charge in [-0.1, -0.05) is 6.08 Å². The summed E-state index contributed by atoms with van der Waals surface area (Å²) in [5.74, 6) is 0. The fourth-order valence-corrected chi connectivity index (χ4v) is 1.20. The van der Waals surface area contributed by atoms with Crippen LogP contribution in [0, 0.1) is 21.4 Å². The second-order valence-corrected chi connectivity index (χ2v) is 3.27. The number of hydrogen-bond acceptors (Lipinski definition) is 4. The minimum atomic E-state index is -0.570. The van der Waals surface area contributed by atoms with E-state index in [2.05, 4.69) is 11.9 Å². The number of rotatable bonds is 4. The number of nitro benzene ring substituents is 1. The first kappa shape index (κ1) is 11.7. The minimum Gasteiger partial charge on any atom is -0.379 e. The van der Waals surface area contributed by atoms with Crippen LogP contribution in [0.1, 0.15) is 12.5 Å². The largest absolute Gasteiger partial charge is 0.379 e. The van der Waals surface area contributed by atoms with Crippen LogP contribution in [0.3, 0.4) is 0 Å². The predicted molar refractivity (Wildman–Crippen MR) is 61.1 cm³/mol. The summed E-state index contributed by atoms with van der Waals surface area (Å²) < 4.78 is 0. The van der Waals surface area contributed by atoms with Crippen LogP contribution in [-0.4, -0.2) is 11.0 Å². The summed E-state index contributed by atoms with van der Waals surface area (Å²) in [6.45, 7) is 5.50. The Balaban J connectivity index is 3.05. The maximum atomic E-state index is 10.6. The minimum absolute atomic E-state index is 0.0352. The highest BCUT2D eigenvalue weighted by Gasteiger charge is 2.13. The molecule has 0 unspecified atom stereocenters. The number of benzene rings is 1. The quantitative estimate of drug-likeness (QED) is 0.477. The van der Waals surface area contributed by atoms with E-state index in [4.69, 9.17) is 5.26 Å². The average Bonchev–Trinajstić information content (AvgIpc) is 2.28. The third-order valence-corrected chi connectivity index (χ3v) is 2.06. The molecule has 0 amide bonds. The Morgan fingerprint density at radius 3 is 2.88 bits per heavy atom. The van der Waals surface area contributed by atoms with Crippen LogP contribution in [0.2, 0.25) is 0 Å². The van der Waals surface area contributed by atoms with Crippen LogP contribution in [0.25, 0.3) is 0 Å². The summed E-state index contributed by atoms with van der Waals surface area (Å²) in [4.78, 5) is 10.0. The summed E-state index contributed by atoms with van der Waals surface area (Å²) in [7, 11) is 0. The van der Waals surface area contributed by atoms with Crippen molar-refractivity contribution in [2.75, 3.05) is 5.32 Å². The first-order chi connectivity index (χ1) is 7.58. The maximum Gasteiger partial charge on any atom is 0.287 e. The summed E-state index contributed by atoms with van der Waals surface area (Å²) in [5.41, 5.74) is 0.528. The molecule has 1 aromatic carbocycles. The number of hydrogen-bond donors (Lipinski definition) is 1. The Bertz CT molecular complexity index is 463. The van der Waals surface area contributed by atoms with Crippen LogP contribution < -0.4 is 5.32 Å². The fourth-order valence-electron chi connectivity index (χ4n) is 1.20. The monoisotopic (exact) mass is 217 g/mol. The molecule has 0 aliphatic rings. The summed E-state index contributed by atoms with van der Waals surface area (Å²) in [6.07, 6.45) is 1.70. The zero-order valence-corrected chi connectivity index (χ0v) is 8.80. The van der Waals surface area contributed by atoms with Gasteiger partial charge in [0.2, 0.25) is 0 Å². The highest BCUT2D eigenvalue weighted by molar-refractivity contribution is 5.59. The van der Waals surface area contributed by atoms with Crippen molar-refractivity contribution < 1.29 is 4.92 Å². The van der Waals surface area contributed by atoms with Gasteiger partial charge in [0.25, 0.3) is 5.69 Å². The van der Waals surface area contributed by atoms with Gasteiger partial charge < -0.3 is 5.32 Å². The molecule has 0 aliphatic carbocycles. The molecule has 0 bridgehead atoms. The number of nitro groups is 1. The second-order valence-electron chi connectivity index (χ2n) is 3.27. The van der Waals surface area contributed by atoms with Gasteiger partial charge in [-0.05, 0) is 19.1 Å². The summed E-state index contributed by atoms with van der Waals surface area (Å²) in [6, 6.07) is 6.18. The van der Waals surface area contributed by atoms with Crippen molar-refractivity contribution in [2.45, 2.75) is 13.0 Å². The molecule has 0 heterocycles. The van der Waals surface area contributed by atoms with Crippen molar-refractivity contribution in [1.82, 2.24) is 0 Å². The van der Waals surface area contributed by atoms with Gasteiger partial charge in [0.1, 0.15) is 11.6 Å². The SMILES string of the molecule is C=C[C@@H](C)Nc1ccc([N+](=O)[O-])c(C#N)c1. The van der Waals surface area contributed by atoms with Gasteiger partial charge in [-0.3, -0.25) is 10.1 Å². The first-order valence-corrected chi connectivity index (χ1v) is 4.66. The zero-order valence-electron chi connectivity index (χ0n) is 8.80. The van der Waals surface area contributed by atoms with Crippen molar-refractivity contribution >= 4 is 11.4 Å². The molecule has 1 N–H and O–H groups in total. The Kier molecular flexibility index (Phi) is 3.62. The fraction of sp³-hybridized carbons (Fsp3) is 0.182. The normalized spacial score (nSPS) is 11.2. The van der Waals surface area contributed by atoms with E-state index < -0.39 is 4.92 Å². The molecule has 1 rings (SSSR count). The van der Waals surface area contributed by atoms with Crippen LogP contribution >= 0.6 is 0 Å². The average molecular weight is 217 g/mol. The van der Waals surface area contributed by atoms with Crippen molar-refractivity contribution in [2.24, 2.45) is 0 Å². The molecule has 5 nitrogen and oxygen atoms in total. The Hall–Kier alpha value is -2.35. The molecule has 16 heavy (non-hydrogen) atoms. The maximum absolute atomic E-state index is 10.6. The Morgan fingerprint density at radius 1 is 1.69 bits per heavy atom. The van der Waals surface area contributed by atoms with Crippen LogP contribution in [0.15, 0.2) is 30.9 Å². The molecule has 0 fully saturated rings. The third kappa shape index (κ3) is 2.58. The van der Waals surface area contributed by atoms with Crippen LogP contribution in [0.4, 0.5) is 11.4 Å². The molecule has 82 valence electrons. The molecule has 0 spiro atoms. The van der Waals surface area contributed by atoms with Crippen LogP contribution in [0.5, 0.6) is 0 Å². The zero-order chi connectivity index (χ0) is 12.1. The molecule has 0 saturated carbocycles. The molecular formula is C11H11N3O2. The second kappa shape index (κ2) is 4.94. The lowest BCUT2D eigenvalue weighted by atomic mass is 10.1. The lowest BCUT2D eigenvalue weighted by molar-refractivity contribution is -0.385. The topological polar surface area (TPSA) is 79.0 Å². The Morgan fingerprint density at radius 2 is 2.38 bits per heavy atom. The van der Waals surface area contributed by atoms with Gasteiger partial charge in [0, 0.05) is 17.8 Å². The first-order valence-electron chi connectivity index (χ1n) is 4.66. The number of nitrogens with zero attached hydrogens (tertiary/aromatic N) is 2. The highest BCUT2D eigenvalue weighted by Crippen LogP contribution is 2.22. The van der Waals surface area contributed by atoms with Crippen molar-refractivity contribution in [3.05, 3.63) is 46.5 Å². The standard InChI is InChI=1S/C11H11N3O2/c1-3-8(2)13-10-4-5-11(14(15)16)9(6-10)7-12/h3-6,8,13H,1H2,2H3/t8-/m1/s1. The van der Waals surface area contributed by atoms with E-state index in [1.807, 2.05) is 6.92 Å². The molecule has 5 heteroatoms. The van der Waals surface area contributed by atoms with Gasteiger partial charge >= 0.3 is 0 Å². The molecule has 1 atom stereocenters. The van der Waals surface area contributed by atoms with Gasteiger partial charge in [0.15, 0.2) is 0 Å². The predicted octanol–water partition coefficient (Wildman–Crippen LogP) is 2.45. The van der Waals surface area contributed by atoms with E-state index in [0.717, 1.165) is 0 Å². The summed E-state index contributed by atoms with van der Waals surface area (Å²) in [5, 5.41) is 22.4. The van der Waals surface area contributed by atoms with Crippen LogP contribution in [-0.2, 0) is 0 Å². The van der Waals surface area contributed by atoms with E-state index in [-0.39, 0.29) is 17.3 Å². The number of anilines is 1. The lowest BCUT2D eigenvalue weighted by Crippen LogP contribution is -2.11. The molecule has 0 aliphatic heterocycles. The van der Waals surface area contributed by atoms with Crippen molar-refractivity contribution in [1.29, 1.82) is 5.26 Å². The number of nitrogens with one attached hydrogen (secondary N) is 1. The lowest BCUT2D eigenvalue weighted by Gasteiger charge is -2.10. The van der Waals surface area contributed by atoms with Crippen molar-refractivity contribution in [3.63, 3.8) is 0 Å². The molecular weight excluding hydrogens is 206 g/mol. The van der Waals surface area contributed by atoms with E-state index >= 15 is 0 Å². The van der Waals surface area contributed by atoms with E-state index in [1.54, 1.807) is 18.2 Å². The van der Waals surface area contributed by atoms with Gasteiger partial charge in [-0.2, -0.15) is 5.26 Å². The third-order valence-electron chi connectivity index (χ3n) is 2.06. The molecule has 0 radical (unpaired) electrons. The molecule has 1 aromatic rings. The molecule has 0 saturated heterocycles. The Labute approximate surface area is 93.2 Å². The van der Waals surface area contributed by atoms with Crippen molar-refractivity contribution in [3.8, 4) is 6.07 Å². The highest BCUT2D eigenvalue weighted by atomic mass is 16.6. The number of nitriles is 1. The van der Waals surface area contributed by atoms with Gasteiger partial charge in [-0.15, -0.1) is 6.58 Å². The summed E-state index contributed by atoms with van der Waals surface area (Å²) >= 11 is 0. The van der Waals surface area contributed by atoms with Gasteiger partial charge in [0.05, 0.1) is 4.92 Å². The van der Waals surface area contributed by atoms with E-state index in [0.29, 0.717) is 5.69 Å². The van der Waals surface area contributed by atoms with E-state index in [9.17, 15) is 10.1 Å². The van der Waals surface area contributed by atoms with Gasteiger partial charge in [-0.25, -0.2) is 0 Å².